The van der Waals surface area contributed by atoms with Gasteiger partial charge in [0.2, 0.25) is 5.78 Å². The standard InChI is InChI=1S/C10H8Cl2N2O2/c1-2-14-9(6(11)5-13-14)10(15)7-3-4-8(12)16-7/h3-5H,2H2,1H3. The van der Waals surface area contributed by atoms with E-state index in [9.17, 15) is 4.79 Å². The van der Waals surface area contributed by atoms with Crippen molar-refractivity contribution in [1.29, 1.82) is 0 Å². The molecule has 6 heteroatoms. The van der Waals surface area contributed by atoms with Gasteiger partial charge in [-0.1, -0.05) is 11.6 Å². The lowest BCUT2D eigenvalue weighted by atomic mass is 10.2. The van der Waals surface area contributed by atoms with Crippen LogP contribution in [0.3, 0.4) is 0 Å². The van der Waals surface area contributed by atoms with Gasteiger partial charge in [-0.3, -0.25) is 9.48 Å². The van der Waals surface area contributed by atoms with Gasteiger partial charge >= 0.3 is 0 Å². The van der Waals surface area contributed by atoms with Crippen molar-refractivity contribution in [3.8, 4) is 0 Å². The molecule has 0 aliphatic heterocycles. The molecule has 0 fully saturated rings. The zero-order valence-corrected chi connectivity index (χ0v) is 9.92. The largest absolute Gasteiger partial charge is 0.441 e. The number of furan rings is 1. The minimum absolute atomic E-state index is 0.155. The SMILES string of the molecule is CCn1ncc(Cl)c1C(=O)c1ccc(Cl)o1. The number of nitrogens with zero attached hydrogens (tertiary/aromatic N) is 2. The number of carbonyl (C=O) groups is 1. The summed E-state index contributed by atoms with van der Waals surface area (Å²) in [6.07, 6.45) is 1.43. The van der Waals surface area contributed by atoms with E-state index in [2.05, 4.69) is 5.10 Å². The molecule has 0 saturated heterocycles. The fourth-order valence-electron chi connectivity index (χ4n) is 1.38. The predicted octanol–water partition coefficient (Wildman–Crippen LogP) is 3.03. The Morgan fingerprint density at radius 1 is 1.50 bits per heavy atom. The minimum Gasteiger partial charge on any atom is -0.441 e. The van der Waals surface area contributed by atoms with Crippen LogP contribution in [0.4, 0.5) is 0 Å². The van der Waals surface area contributed by atoms with Crippen molar-refractivity contribution < 1.29 is 9.21 Å². The van der Waals surface area contributed by atoms with E-state index in [-0.39, 0.29) is 16.8 Å². The number of hydrogen-bond donors (Lipinski definition) is 0. The van der Waals surface area contributed by atoms with Crippen LogP contribution in [0.5, 0.6) is 0 Å². The van der Waals surface area contributed by atoms with Crippen LogP contribution in [-0.4, -0.2) is 15.6 Å². The number of carbonyl (C=O) groups excluding carboxylic acids is 1. The molecular weight excluding hydrogens is 251 g/mol. The summed E-state index contributed by atoms with van der Waals surface area (Å²) in [7, 11) is 0. The molecule has 4 nitrogen and oxygen atoms in total. The molecule has 0 atom stereocenters. The van der Waals surface area contributed by atoms with Crippen molar-refractivity contribution in [2.24, 2.45) is 0 Å². The van der Waals surface area contributed by atoms with E-state index in [0.717, 1.165) is 0 Å². The van der Waals surface area contributed by atoms with Gasteiger partial charge in [0, 0.05) is 6.54 Å². The van der Waals surface area contributed by atoms with Crippen molar-refractivity contribution in [3.63, 3.8) is 0 Å². The highest BCUT2D eigenvalue weighted by Gasteiger charge is 2.21. The van der Waals surface area contributed by atoms with Crippen LogP contribution >= 0.6 is 23.2 Å². The quantitative estimate of drug-likeness (QED) is 0.796. The molecule has 0 bridgehead atoms. The minimum atomic E-state index is -0.323. The molecule has 2 aromatic rings. The number of aromatic nitrogens is 2. The average Bonchev–Trinajstić information content (AvgIpc) is 2.83. The Balaban J connectivity index is 2.44. The van der Waals surface area contributed by atoms with E-state index >= 15 is 0 Å². The molecule has 0 aliphatic rings. The van der Waals surface area contributed by atoms with Crippen molar-refractivity contribution in [2.45, 2.75) is 13.5 Å². The highest BCUT2D eigenvalue weighted by atomic mass is 35.5. The molecule has 0 radical (unpaired) electrons. The average molecular weight is 259 g/mol. The third kappa shape index (κ3) is 1.86. The second kappa shape index (κ2) is 4.31. The Morgan fingerprint density at radius 3 is 2.81 bits per heavy atom. The highest BCUT2D eigenvalue weighted by Crippen LogP contribution is 2.21. The van der Waals surface area contributed by atoms with Crippen LogP contribution in [0.15, 0.2) is 22.7 Å². The van der Waals surface area contributed by atoms with E-state index in [0.29, 0.717) is 17.3 Å². The van der Waals surface area contributed by atoms with Crippen LogP contribution in [0.2, 0.25) is 10.2 Å². The Morgan fingerprint density at radius 2 is 2.25 bits per heavy atom. The Hall–Kier alpha value is -1.26. The first kappa shape index (κ1) is 11.2. The first-order valence-electron chi connectivity index (χ1n) is 4.64. The number of halogens is 2. The molecule has 0 spiro atoms. The highest BCUT2D eigenvalue weighted by molar-refractivity contribution is 6.34. The molecule has 0 aromatic carbocycles. The third-order valence-electron chi connectivity index (χ3n) is 2.11. The van der Waals surface area contributed by atoms with E-state index in [1.165, 1.54) is 23.0 Å². The maximum Gasteiger partial charge on any atom is 0.247 e. The zero-order chi connectivity index (χ0) is 11.7. The van der Waals surface area contributed by atoms with Gasteiger partial charge in [-0.25, -0.2) is 0 Å². The maximum atomic E-state index is 12.0. The topological polar surface area (TPSA) is 48.0 Å². The Bertz CT molecular complexity index is 531. The molecule has 16 heavy (non-hydrogen) atoms. The lowest BCUT2D eigenvalue weighted by Crippen LogP contribution is -2.10. The van der Waals surface area contributed by atoms with E-state index in [1.54, 1.807) is 0 Å². The van der Waals surface area contributed by atoms with Crippen molar-refractivity contribution >= 4 is 29.0 Å². The van der Waals surface area contributed by atoms with Crippen LogP contribution in [0.25, 0.3) is 0 Å². The van der Waals surface area contributed by atoms with Gasteiger partial charge in [0.05, 0.1) is 11.2 Å². The van der Waals surface area contributed by atoms with E-state index < -0.39 is 0 Å². The summed E-state index contributed by atoms with van der Waals surface area (Å²) < 4.78 is 6.55. The Kier molecular flexibility index (Phi) is 3.03. The normalized spacial score (nSPS) is 10.7. The molecule has 84 valence electrons. The van der Waals surface area contributed by atoms with Gasteiger partial charge in [0.15, 0.2) is 11.0 Å². The number of aryl methyl sites for hydroxylation is 1. The Labute approximate surface area is 102 Å². The second-order valence-electron chi connectivity index (χ2n) is 3.09. The predicted molar refractivity (Wildman–Crippen MR) is 60.1 cm³/mol. The van der Waals surface area contributed by atoms with Crippen LogP contribution in [-0.2, 0) is 6.54 Å². The summed E-state index contributed by atoms with van der Waals surface area (Å²) in [5, 5.41) is 4.45. The molecule has 2 rings (SSSR count). The number of rotatable bonds is 3. The summed E-state index contributed by atoms with van der Waals surface area (Å²) in [4.78, 5) is 12.0. The zero-order valence-electron chi connectivity index (χ0n) is 8.41. The summed E-state index contributed by atoms with van der Waals surface area (Å²) >= 11 is 11.5. The van der Waals surface area contributed by atoms with Gasteiger partial charge in [-0.15, -0.1) is 0 Å². The summed E-state index contributed by atoms with van der Waals surface area (Å²) in [6, 6.07) is 3.02. The number of hydrogen-bond acceptors (Lipinski definition) is 3. The van der Waals surface area contributed by atoms with Gasteiger partial charge in [-0.2, -0.15) is 5.10 Å². The molecule has 0 saturated carbocycles. The molecule has 0 unspecified atom stereocenters. The van der Waals surface area contributed by atoms with Crippen molar-refractivity contribution in [2.75, 3.05) is 0 Å². The van der Waals surface area contributed by atoms with Crippen molar-refractivity contribution in [1.82, 2.24) is 9.78 Å². The molecular formula is C10H8Cl2N2O2. The van der Waals surface area contributed by atoms with Gasteiger partial charge in [-0.05, 0) is 30.7 Å². The van der Waals surface area contributed by atoms with Gasteiger partial charge < -0.3 is 4.42 Å². The number of ketones is 1. The first-order valence-corrected chi connectivity index (χ1v) is 5.40. The maximum absolute atomic E-state index is 12.0. The fraction of sp³-hybridized carbons (Fsp3) is 0.200. The molecule has 0 amide bonds. The summed E-state index contributed by atoms with van der Waals surface area (Å²) in [5.74, 6) is -0.168. The monoisotopic (exact) mass is 258 g/mol. The van der Waals surface area contributed by atoms with Crippen LogP contribution in [0.1, 0.15) is 23.2 Å². The summed E-state index contributed by atoms with van der Waals surface area (Å²) in [6.45, 7) is 2.43. The molecule has 0 aliphatic carbocycles. The van der Waals surface area contributed by atoms with Gasteiger partial charge in [0.1, 0.15) is 5.69 Å². The molecule has 2 aromatic heterocycles. The third-order valence-corrected chi connectivity index (χ3v) is 2.59. The van der Waals surface area contributed by atoms with Crippen LogP contribution < -0.4 is 0 Å². The first-order chi connectivity index (χ1) is 7.63. The van der Waals surface area contributed by atoms with Crippen LogP contribution in [0, 0.1) is 0 Å². The lowest BCUT2D eigenvalue weighted by Gasteiger charge is -2.01. The fourth-order valence-corrected chi connectivity index (χ4v) is 1.75. The summed E-state index contributed by atoms with van der Waals surface area (Å²) in [5.41, 5.74) is 0.315. The molecule has 0 N–H and O–H groups in total. The van der Waals surface area contributed by atoms with E-state index in [1.807, 2.05) is 6.92 Å². The van der Waals surface area contributed by atoms with Crippen molar-refractivity contribution in [3.05, 3.63) is 40.0 Å². The molecule has 2 heterocycles. The van der Waals surface area contributed by atoms with E-state index in [4.69, 9.17) is 27.6 Å². The van der Waals surface area contributed by atoms with Gasteiger partial charge in [0.25, 0.3) is 0 Å². The smallest absolute Gasteiger partial charge is 0.247 e. The second-order valence-corrected chi connectivity index (χ2v) is 3.87. The lowest BCUT2D eigenvalue weighted by molar-refractivity contribution is 0.0999.